The van der Waals surface area contributed by atoms with Crippen molar-refractivity contribution in [2.24, 2.45) is 22.7 Å². The first-order chi connectivity index (χ1) is 18.6. The van der Waals surface area contributed by atoms with Crippen LogP contribution in [0, 0.1) is 34.0 Å². The zero-order valence-electron chi connectivity index (χ0n) is 22.9. The third kappa shape index (κ3) is 4.82. The van der Waals surface area contributed by atoms with Gasteiger partial charge in [-0.05, 0) is 52.4 Å². The van der Waals surface area contributed by atoms with Gasteiger partial charge in [0.15, 0.2) is 0 Å². The molecule has 40 heavy (non-hydrogen) atoms. The Morgan fingerprint density at radius 2 is 1.85 bits per heavy atom. The molecule has 1 aliphatic heterocycles. The molecule has 8 nitrogen and oxygen atoms in total. The summed E-state index contributed by atoms with van der Waals surface area (Å²) in [6, 6.07) is -1.36. The Morgan fingerprint density at radius 1 is 1.18 bits per heavy atom. The van der Waals surface area contributed by atoms with E-state index in [0.717, 1.165) is 28.5 Å². The van der Waals surface area contributed by atoms with Crippen LogP contribution in [0.25, 0.3) is 10.1 Å². The van der Waals surface area contributed by atoms with E-state index in [2.05, 4.69) is 21.8 Å². The van der Waals surface area contributed by atoms with E-state index in [-0.39, 0.29) is 23.8 Å². The third-order valence-corrected chi connectivity index (χ3v) is 9.63. The molecule has 0 bridgehead atoms. The molecule has 0 spiro atoms. The highest BCUT2D eigenvalue weighted by atomic mass is 32.1. The maximum atomic E-state index is 13.8. The van der Waals surface area contributed by atoms with Gasteiger partial charge in [0.2, 0.25) is 11.8 Å². The van der Waals surface area contributed by atoms with E-state index in [4.69, 9.17) is 0 Å². The number of carbonyl (C=O) groups is 3. The number of hydrogen-bond donors (Lipinski definition) is 2. The minimum absolute atomic E-state index is 0.0323. The van der Waals surface area contributed by atoms with Gasteiger partial charge in [0.05, 0.1) is 10.8 Å². The molecule has 2 N–H and O–H groups in total. The first kappa shape index (κ1) is 28.3. The molecule has 3 amide bonds. The van der Waals surface area contributed by atoms with Crippen LogP contribution in [-0.2, 0) is 14.4 Å². The number of hydrogen-bond acceptors (Lipinski definition) is 6. The maximum absolute atomic E-state index is 13.8. The second-order valence-corrected chi connectivity index (χ2v) is 13.7. The molecule has 3 aliphatic rings. The predicted octanol–water partition coefficient (Wildman–Crippen LogP) is 4.43. The largest absolute Gasteiger partial charge is 0.471 e. The molecule has 2 aromatic rings. The molecule has 5 atom stereocenters. The van der Waals surface area contributed by atoms with Crippen LogP contribution in [0.1, 0.15) is 70.5 Å². The molecule has 2 saturated carbocycles. The molecule has 2 aliphatic carbocycles. The summed E-state index contributed by atoms with van der Waals surface area (Å²) < 4.78 is 40.2. The average Bonchev–Trinajstić information content (AvgIpc) is 3.65. The molecule has 2 aromatic heterocycles. The van der Waals surface area contributed by atoms with Crippen molar-refractivity contribution in [3.8, 4) is 6.07 Å². The third-order valence-electron chi connectivity index (χ3n) is 8.69. The summed E-state index contributed by atoms with van der Waals surface area (Å²) in [6.07, 6.45) is 0.287. The van der Waals surface area contributed by atoms with Crippen molar-refractivity contribution in [3.63, 3.8) is 0 Å². The van der Waals surface area contributed by atoms with Crippen molar-refractivity contribution >= 4 is 39.1 Å². The number of carbonyl (C=O) groups excluding carboxylic acids is 3. The molecule has 214 valence electrons. The van der Waals surface area contributed by atoms with E-state index >= 15 is 0 Å². The SMILES string of the molecule is CC(C)(C)[C@H](NC(=O)C(F)(F)F)C(=O)N1C[C@H]2[C@@H]([C@H]1C(=O)NC(C#N)c1cncc3scc(C4CC4)c13)C2(C)C. The fraction of sp³-hybridized carbons (Fsp3) is 0.607. The van der Waals surface area contributed by atoms with Gasteiger partial charge in [-0.3, -0.25) is 19.4 Å². The Kier molecular flexibility index (Phi) is 6.68. The molecular weight excluding hydrogens is 543 g/mol. The van der Waals surface area contributed by atoms with Crippen LogP contribution >= 0.6 is 11.3 Å². The number of nitrogens with zero attached hydrogens (tertiary/aromatic N) is 3. The molecule has 0 aromatic carbocycles. The summed E-state index contributed by atoms with van der Waals surface area (Å²) in [7, 11) is 0. The lowest BCUT2D eigenvalue weighted by Crippen LogP contribution is -2.60. The number of fused-ring (bicyclic) bond motifs is 2. The fourth-order valence-electron chi connectivity index (χ4n) is 6.20. The molecule has 12 heteroatoms. The van der Waals surface area contributed by atoms with Crippen LogP contribution in [0.15, 0.2) is 17.8 Å². The topological polar surface area (TPSA) is 115 Å². The van der Waals surface area contributed by atoms with Gasteiger partial charge in [0.25, 0.3) is 0 Å². The highest BCUT2D eigenvalue weighted by Gasteiger charge is 2.70. The minimum atomic E-state index is -5.16. The molecule has 0 radical (unpaired) electrons. The standard InChI is InChI=1S/C28H32F3N5O3S/c1-26(2,3)22(35-25(39)28(29,30)31)24(38)36-11-16-20(27(16,4)5)21(36)23(37)34-17(8-32)14-9-33-10-18-19(14)15(12-40-18)13-6-7-13/h9-10,12-13,16-17,20-22H,6-7,11H2,1-5H3,(H,34,37)(H,35,39)/t16-,17?,20-,21-,22+/m0/s1. The average molecular weight is 576 g/mol. The highest BCUT2D eigenvalue weighted by Crippen LogP contribution is 2.65. The van der Waals surface area contributed by atoms with Crippen LogP contribution in [-0.4, -0.2) is 52.4 Å². The first-order valence-corrected chi connectivity index (χ1v) is 14.2. The normalized spacial score (nSPS) is 25.1. The second kappa shape index (κ2) is 9.43. The zero-order chi connectivity index (χ0) is 29.4. The van der Waals surface area contributed by atoms with Gasteiger partial charge in [-0.2, -0.15) is 18.4 Å². The number of halogens is 3. The van der Waals surface area contributed by atoms with Crippen molar-refractivity contribution in [1.82, 2.24) is 20.5 Å². The molecule has 3 heterocycles. The summed E-state index contributed by atoms with van der Waals surface area (Å²) >= 11 is 1.54. The van der Waals surface area contributed by atoms with E-state index in [1.165, 1.54) is 16.2 Å². The van der Waals surface area contributed by atoms with E-state index in [1.807, 2.05) is 19.2 Å². The number of aromatic nitrogens is 1. The number of nitrogens with one attached hydrogen (secondary N) is 2. The van der Waals surface area contributed by atoms with E-state index in [1.54, 1.807) is 33.2 Å². The lowest BCUT2D eigenvalue weighted by Gasteiger charge is -2.37. The monoisotopic (exact) mass is 575 g/mol. The Hall–Kier alpha value is -3.20. The molecular formula is C28H32F3N5O3S. The van der Waals surface area contributed by atoms with Crippen molar-refractivity contribution in [2.75, 3.05) is 6.54 Å². The number of nitriles is 1. The van der Waals surface area contributed by atoms with Crippen LogP contribution in [0.2, 0.25) is 0 Å². The van der Waals surface area contributed by atoms with Gasteiger partial charge >= 0.3 is 12.1 Å². The second-order valence-electron chi connectivity index (χ2n) is 12.8. The molecule has 1 unspecified atom stereocenters. The maximum Gasteiger partial charge on any atom is 0.471 e. The van der Waals surface area contributed by atoms with Crippen LogP contribution < -0.4 is 10.6 Å². The Balaban J connectivity index is 1.44. The van der Waals surface area contributed by atoms with Crippen molar-refractivity contribution in [3.05, 3.63) is 28.9 Å². The summed E-state index contributed by atoms with van der Waals surface area (Å²) in [5.74, 6) is -3.35. The smallest absolute Gasteiger partial charge is 0.336 e. The minimum Gasteiger partial charge on any atom is -0.336 e. The number of piperidine rings is 1. The Labute approximate surface area is 234 Å². The van der Waals surface area contributed by atoms with Crippen molar-refractivity contribution < 1.29 is 27.6 Å². The number of pyridine rings is 1. The quantitative estimate of drug-likeness (QED) is 0.529. The number of likely N-dealkylation sites (tertiary alicyclic amines) is 1. The fourth-order valence-corrected chi connectivity index (χ4v) is 7.24. The number of rotatable bonds is 6. The molecule has 5 rings (SSSR count). The Bertz CT molecular complexity index is 1420. The van der Waals surface area contributed by atoms with Crippen LogP contribution in [0.5, 0.6) is 0 Å². The number of amides is 3. The molecule has 1 saturated heterocycles. The predicted molar refractivity (Wildman–Crippen MR) is 142 cm³/mol. The lowest BCUT2D eigenvalue weighted by atomic mass is 9.85. The summed E-state index contributed by atoms with van der Waals surface area (Å²) in [4.78, 5) is 45.0. The Morgan fingerprint density at radius 3 is 2.42 bits per heavy atom. The van der Waals surface area contributed by atoms with E-state index < -0.39 is 47.4 Å². The highest BCUT2D eigenvalue weighted by molar-refractivity contribution is 7.17. The van der Waals surface area contributed by atoms with Crippen LogP contribution in [0.3, 0.4) is 0 Å². The zero-order valence-corrected chi connectivity index (χ0v) is 23.7. The first-order valence-electron chi connectivity index (χ1n) is 13.3. The van der Waals surface area contributed by atoms with Gasteiger partial charge < -0.3 is 15.5 Å². The van der Waals surface area contributed by atoms with Crippen molar-refractivity contribution in [1.29, 1.82) is 5.26 Å². The van der Waals surface area contributed by atoms with Crippen LogP contribution in [0.4, 0.5) is 13.2 Å². The molecule has 3 fully saturated rings. The van der Waals surface area contributed by atoms with Gasteiger partial charge in [-0.15, -0.1) is 11.3 Å². The summed E-state index contributed by atoms with van der Waals surface area (Å²) in [5, 5.41) is 17.8. The van der Waals surface area contributed by atoms with Gasteiger partial charge in [0, 0.05) is 29.9 Å². The van der Waals surface area contributed by atoms with Gasteiger partial charge in [0.1, 0.15) is 18.1 Å². The number of thiophene rings is 1. The summed E-state index contributed by atoms with van der Waals surface area (Å²) in [5.41, 5.74) is 0.405. The van der Waals surface area contributed by atoms with Gasteiger partial charge in [-0.1, -0.05) is 34.6 Å². The van der Waals surface area contributed by atoms with E-state index in [0.29, 0.717) is 11.5 Å². The van der Waals surface area contributed by atoms with E-state index in [9.17, 15) is 32.8 Å². The lowest BCUT2D eigenvalue weighted by molar-refractivity contribution is -0.176. The van der Waals surface area contributed by atoms with Gasteiger partial charge in [-0.25, -0.2) is 0 Å². The summed E-state index contributed by atoms with van der Waals surface area (Å²) in [6.45, 7) is 8.81. The number of alkyl halides is 3. The van der Waals surface area contributed by atoms with Crippen molar-refractivity contribution in [2.45, 2.75) is 77.7 Å².